The molecule has 0 spiro atoms. The number of carbonyl (C=O) groups is 1. The van der Waals surface area contributed by atoms with E-state index in [0.29, 0.717) is 33.7 Å². The molecular weight excluding hydrogens is 387 g/mol. The minimum Gasteiger partial charge on any atom is -0.493 e. The number of hydrogen-bond donors (Lipinski definition) is 2. The predicted molar refractivity (Wildman–Crippen MR) is 107 cm³/mol. The summed E-state index contributed by atoms with van der Waals surface area (Å²) in [6.07, 6.45) is 1.52. The molecule has 0 unspecified atom stereocenters. The standard InChI is InChI=1S/C19H16Cl2N4O2/c1-2-27-18-6-4-3-5-12(18)11-22-25-19(26)17-10-16(23-24-17)14-8-7-13(20)9-15(14)21/h3-11H,2H2,1H3,(H,23,24)(H,25,26). The Balaban J connectivity index is 1.70. The number of nitrogens with one attached hydrogen (secondary N) is 2. The van der Waals surface area contributed by atoms with E-state index in [9.17, 15) is 4.79 Å². The van der Waals surface area contributed by atoms with Crippen molar-refractivity contribution in [1.29, 1.82) is 0 Å². The van der Waals surface area contributed by atoms with Crippen molar-refractivity contribution in [1.82, 2.24) is 15.6 Å². The minimum absolute atomic E-state index is 0.256. The maximum Gasteiger partial charge on any atom is 0.289 e. The molecule has 2 N–H and O–H groups in total. The van der Waals surface area contributed by atoms with E-state index in [1.807, 2.05) is 31.2 Å². The van der Waals surface area contributed by atoms with E-state index in [1.165, 1.54) is 6.21 Å². The lowest BCUT2D eigenvalue weighted by molar-refractivity contribution is 0.0950. The fourth-order valence-electron chi connectivity index (χ4n) is 2.37. The zero-order valence-electron chi connectivity index (χ0n) is 14.4. The molecule has 1 aromatic heterocycles. The van der Waals surface area contributed by atoms with Gasteiger partial charge in [-0.1, -0.05) is 35.3 Å². The number of hydrazone groups is 1. The lowest BCUT2D eigenvalue weighted by atomic mass is 10.1. The topological polar surface area (TPSA) is 79.4 Å². The number of rotatable bonds is 6. The van der Waals surface area contributed by atoms with Gasteiger partial charge >= 0.3 is 0 Å². The van der Waals surface area contributed by atoms with Crippen molar-refractivity contribution >= 4 is 35.3 Å². The van der Waals surface area contributed by atoms with Crippen molar-refractivity contribution in [3.63, 3.8) is 0 Å². The number of benzene rings is 2. The van der Waals surface area contributed by atoms with Crippen LogP contribution in [0.15, 0.2) is 53.6 Å². The summed E-state index contributed by atoms with van der Waals surface area (Å²) in [4.78, 5) is 12.2. The Morgan fingerprint density at radius 1 is 1.26 bits per heavy atom. The largest absolute Gasteiger partial charge is 0.493 e. The molecule has 0 aliphatic rings. The van der Waals surface area contributed by atoms with Gasteiger partial charge in [-0.25, -0.2) is 5.43 Å². The molecule has 0 aliphatic heterocycles. The highest BCUT2D eigenvalue weighted by Crippen LogP contribution is 2.29. The normalized spacial score (nSPS) is 10.9. The average molecular weight is 403 g/mol. The molecule has 6 nitrogen and oxygen atoms in total. The molecule has 1 heterocycles. The Labute approximate surface area is 166 Å². The Bertz CT molecular complexity index is 985. The van der Waals surface area contributed by atoms with Gasteiger partial charge in [0.15, 0.2) is 0 Å². The number of ether oxygens (including phenoxy) is 1. The van der Waals surface area contributed by atoms with Crippen LogP contribution in [0.4, 0.5) is 0 Å². The number of halogens is 2. The van der Waals surface area contributed by atoms with Gasteiger partial charge in [0.2, 0.25) is 0 Å². The molecule has 0 radical (unpaired) electrons. The van der Waals surface area contributed by atoms with Crippen LogP contribution in [0.25, 0.3) is 11.3 Å². The number of aromatic amines is 1. The molecule has 0 saturated carbocycles. The van der Waals surface area contributed by atoms with E-state index in [1.54, 1.807) is 24.3 Å². The molecule has 0 saturated heterocycles. The molecule has 0 fully saturated rings. The molecule has 0 aliphatic carbocycles. The number of carbonyl (C=O) groups excluding carboxylic acids is 1. The first-order valence-corrected chi connectivity index (χ1v) is 8.90. The van der Waals surface area contributed by atoms with Crippen LogP contribution in [0.5, 0.6) is 5.75 Å². The number of nitrogens with zero attached hydrogens (tertiary/aromatic N) is 2. The number of H-pyrrole nitrogens is 1. The monoisotopic (exact) mass is 402 g/mol. The maximum atomic E-state index is 12.2. The van der Waals surface area contributed by atoms with Gasteiger partial charge in [0.05, 0.1) is 23.5 Å². The molecule has 8 heteroatoms. The van der Waals surface area contributed by atoms with Crippen molar-refractivity contribution in [3.8, 4) is 17.0 Å². The van der Waals surface area contributed by atoms with Crippen molar-refractivity contribution in [3.05, 3.63) is 69.8 Å². The number of hydrogen-bond acceptors (Lipinski definition) is 4. The summed E-state index contributed by atoms with van der Waals surface area (Å²) in [6.45, 7) is 2.44. The minimum atomic E-state index is -0.427. The second kappa shape index (κ2) is 8.70. The van der Waals surface area contributed by atoms with Gasteiger partial charge in [0.1, 0.15) is 11.4 Å². The first-order chi connectivity index (χ1) is 13.1. The first kappa shape index (κ1) is 18.9. The number of para-hydroxylation sites is 1. The van der Waals surface area contributed by atoms with Crippen molar-refractivity contribution in [2.75, 3.05) is 6.61 Å². The molecule has 0 bridgehead atoms. The van der Waals surface area contributed by atoms with E-state index >= 15 is 0 Å². The van der Waals surface area contributed by atoms with Crippen LogP contribution >= 0.6 is 23.2 Å². The molecular formula is C19H16Cl2N4O2. The van der Waals surface area contributed by atoms with Crippen molar-refractivity contribution in [2.45, 2.75) is 6.92 Å². The lowest BCUT2D eigenvalue weighted by Gasteiger charge is -2.05. The third-order valence-corrected chi connectivity index (χ3v) is 4.17. The zero-order chi connectivity index (χ0) is 19.2. The summed E-state index contributed by atoms with van der Waals surface area (Å²) in [5.41, 5.74) is 4.68. The van der Waals surface area contributed by atoms with E-state index in [4.69, 9.17) is 27.9 Å². The zero-order valence-corrected chi connectivity index (χ0v) is 15.9. The fourth-order valence-corrected chi connectivity index (χ4v) is 2.87. The van der Waals surface area contributed by atoms with Crippen LogP contribution in [-0.4, -0.2) is 28.9 Å². The van der Waals surface area contributed by atoms with Gasteiger partial charge in [-0.05, 0) is 43.3 Å². The Morgan fingerprint density at radius 3 is 2.85 bits per heavy atom. The summed E-state index contributed by atoms with van der Waals surface area (Å²) in [5.74, 6) is 0.267. The van der Waals surface area contributed by atoms with E-state index in [-0.39, 0.29) is 5.69 Å². The Kier molecular flexibility index (Phi) is 6.11. The summed E-state index contributed by atoms with van der Waals surface area (Å²) in [6, 6.07) is 14.1. The van der Waals surface area contributed by atoms with Crippen LogP contribution in [0.1, 0.15) is 23.0 Å². The quantitative estimate of drug-likeness (QED) is 0.468. The molecule has 3 aromatic rings. The van der Waals surface area contributed by atoms with Gasteiger partial charge in [-0.3, -0.25) is 9.89 Å². The Hall–Kier alpha value is -2.83. The SMILES string of the molecule is CCOc1ccccc1C=NNC(=O)c1cc(-c2ccc(Cl)cc2Cl)n[nH]1. The summed E-state index contributed by atoms with van der Waals surface area (Å²) < 4.78 is 5.51. The molecule has 138 valence electrons. The Morgan fingerprint density at radius 2 is 2.07 bits per heavy atom. The number of amides is 1. The second-order valence-electron chi connectivity index (χ2n) is 5.46. The lowest BCUT2D eigenvalue weighted by Crippen LogP contribution is -2.18. The van der Waals surface area contributed by atoms with Crippen LogP contribution < -0.4 is 10.2 Å². The van der Waals surface area contributed by atoms with Crippen LogP contribution in [0, 0.1) is 0 Å². The van der Waals surface area contributed by atoms with Gasteiger partial charge in [-0.15, -0.1) is 0 Å². The van der Waals surface area contributed by atoms with Crippen LogP contribution in [0.3, 0.4) is 0 Å². The van der Waals surface area contributed by atoms with Gasteiger partial charge < -0.3 is 4.74 Å². The fraction of sp³-hybridized carbons (Fsp3) is 0.105. The molecule has 27 heavy (non-hydrogen) atoms. The molecule has 2 aromatic carbocycles. The van der Waals surface area contributed by atoms with Crippen molar-refractivity contribution in [2.24, 2.45) is 5.10 Å². The molecule has 1 amide bonds. The summed E-state index contributed by atoms with van der Waals surface area (Å²) in [7, 11) is 0. The van der Waals surface area contributed by atoms with Crippen molar-refractivity contribution < 1.29 is 9.53 Å². The van der Waals surface area contributed by atoms with Crippen LogP contribution in [-0.2, 0) is 0 Å². The van der Waals surface area contributed by atoms with Gasteiger partial charge in [0, 0.05) is 16.1 Å². The first-order valence-electron chi connectivity index (χ1n) is 8.14. The third kappa shape index (κ3) is 4.67. The second-order valence-corrected chi connectivity index (χ2v) is 6.30. The van der Waals surface area contributed by atoms with E-state index in [2.05, 4.69) is 20.7 Å². The van der Waals surface area contributed by atoms with Crippen LogP contribution in [0.2, 0.25) is 10.0 Å². The van der Waals surface area contributed by atoms with E-state index < -0.39 is 5.91 Å². The molecule has 0 atom stereocenters. The van der Waals surface area contributed by atoms with E-state index in [0.717, 1.165) is 5.56 Å². The number of aromatic nitrogens is 2. The maximum absolute atomic E-state index is 12.2. The smallest absolute Gasteiger partial charge is 0.289 e. The molecule has 3 rings (SSSR count). The van der Waals surface area contributed by atoms with Gasteiger partial charge in [0.25, 0.3) is 5.91 Å². The summed E-state index contributed by atoms with van der Waals surface area (Å²) >= 11 is 12.1. The predicted octanol–water partition coefficient (Wildman–Crippen LogP) is 4.55. The third-order valence-electron chi connectivity index (χ3n) is 3.62. The highest BCUT2D eigenvalue weighted by Gasteiger charge is 2.13. The van der Waals surface area contributed by atoms with Gasteiger partial charge in [-0.2, -0.15) is 10.2 Å². The highest BCUT2D eigenvalue weighted by molar-refractivity contribution is 6.36. The summed E-state index contributed by atoms with van der Waals surface area (Å²) in [5, 5.41) is 11.7. The average Bonchev–Trinajstić information content (AvgIpc) is 3.13. The highest BCUT2D eigenvalue weighted by atomic mass is 35.5.